The second-order valence-corrected chi connectivity index (χ2v) is 7.62. The van der Waals surface area contributed by atoms with E-state index in [0.717, 1.165) is 40.7 Å². The second-order valence-electron chi connectivity index (χ2n) is 7.62. The number of allylic oxidation sites excluding steroid dienone is 2. The quantitative estimate of drug-likeness (QED) is 0.529. The topological polar surface area (TPSA) is 54.4 Å². The summed E-state index contributed by atoms with van der Waals surface area (Å²) in [5.74, 6) is 0.914. The van der Waals surface area contributed by atoms with E-state index in [9.17, 15) is 4.79 Å². The molecule has 2 aliphatic carbocycles. The van der Waals surface area contributed by atoms with Crippen molar-refractivity contribution >= 4 is 22.5 Å². The van der Waals surface area contributed by atoms with E-state index in [-0.39, 0.29) is 5.91 Å². The summed E-state index contributed by atoms with van der Waals surface area (Å²) in [5, 5.41) is 5.26. The van der Waals surface area contributed by atoms with Gasteiger partial charge in [0.2, 0.25) is 0 Å². The van der Waals surface area contributed by atoms with Gasteiger partial charge in [0.1, 0.15) is 0 Å². The molecule has 4 nitrogen and oxygen atoms in total. The molecule has 1 aromatic heterocycles. The third-order valence-electron chi connectivity index (χ3n) is 5.77. The van der Waals surface area contributed by atoms with Gasteiger partial charge < -0.3 is 0 Å². The molecular weight excluding hydrogens is 346 g/mol. The van der Waals surface area contributed by atoms with Gasteiger partial charge in [-0.1, -0.05) is 60.2 Å². The van der Waals surface area contributed by atoms with Crippen molar-refractivity contribution in [2.45, 2.75) is 19.8 Å². The fourth-order valence-electron chi connectivity index (χ4n) is 4.08. The van der Waals surface area contributed by atoms with Crippen LogP contribution in [0.4, 0.5) is 0 Å². The summed E-state index contributed by atoms with van der Waals surface area (Å²) in [6.07, 6.45) is 6.46. The van der Waals surface area contributed by atoms with Gasteiger partial charge in [0.15, 0.2) is 0 Å². The fourth-order valence-corrected chi connectivity index (χ4v) is 4.08. The number of rotatable bonds is 3. The summed E-state index contributed by atoms with van der Waals surface area (Å²) >= 11 is 0. The standard InChI is InChI=1S/C24H21N3O/c1-15-9-11-16(12-10-15)22-14-20(19-6-2-3-8-21(19)25-22)24(28)27-26-23-13-17-5-4-7-18(17)23/h2-6,8-12,14,17-18H,7,13H2,1H3,(H,27,28)/b26-23+. The van der Waals surface area contributed by atoms with Crippen LogP contribution in [0.1, 0.15) is 28.8 Å². The largest absolute Gasteiger partial charge is 0.272 e. The number of benzene rings is 2. The van der Waals surface area contributed by atoms with Gasteiger partial charge in [0.05, 0.1) is 16.8 Å². The van der Waals surface area contributed by atoms with E-state index in [0.29, 0.717) is 17.4 Å². The molecule has 3 aromatic rings. The monoisotopic (exact) mass is 367 g/mol. The van der Waals surface area contributed by atoms with Crippen molar-refractivity contribution in [3.63, 3.8) is 0 Å². The summed E-state index contributed by atoms with van der Waals surface area (Å²) in [7, 11) is 0. The zero-order chi connectivity index (χ0) is 19.1. The number of aromatic nitrogens is 1. The Labute approximate surface area is 164 Å². The van der Waals surface area contributed by atoms with Crippen molar-refractivity contribution in [1.29, 1.82) is 0 Å². The summed E-state index contributed by atoms with van der Waals surface area (Å²) in [6.45, 7) is 2.06. The third-order valence-corrected chi connectivity index (χ3v) is 5.77. The molecular formula is C24H21N3O. The normalized spacial score (nSPS) is 21.5. The first-order valence-electron chi connectivity index (χ1n) is 9.69. The van der Waals surface area contributed by atoms with Crippen LogP contribution in [0, 0.1) is 18.8 Å². The Morgan fingerprint density at radius 2 is 1.96 bits per heavy atom. The minimum Gasteiger partial charge on any atom is -0.267 e. The number of hydrogen-bond donors (Lipinski definition) is 1. The molecule has 1 saturated carbocycles. The Balaban J connectivity index is 1.49. The number of carbonyl (C=O) groups is 1. The molecule has 0 aliphatic heterocycles. The van der Waals surface area contributed by atoms with E-state index in [4.69, 9.17) is 4.98 Å². The Morgan fingerprint density at radius 1 is 1.14 bits per heavy atom. The first-order valence-corrected chi connectivity index (χ1v) is 9.69. The van der Waals surface area contributed by atoms with Crippen LogP contribution in [-0.2, 0) is 0 Å². The van der Waals surface area contributed by atoms with Crippen molar-refractivity contribution in [3.05, 3.63) is 77.9 Å². The number of nitrogens with zero attached hydrogens (tertiary/aromatic N) is 2. The van der Waals surface area contributed by atoms with E-state index in [1.165, 1.54) is 5.56 Å². The van der Waals surface area contributed by atoms with E-state index >= 15 is 0 Å². The number of aryl methyl sites for hydroxylation is 1. The number of fused-ring (bicyclic) bond motifs is 2. The van der Waals surface area contributed by atoms with Crippen molar-refractivity contribution in [3.8, 4) is 11.3 Å². The third kappa shape index (κ3) is 2.91. The minimum absolute atomic E-state index is 0.186. The van der Waals surface area contributed by atoms with Crippen LogP contribution >= 0.6 is 0 Å². The highest BCUT2D eigenvalue weighted by Gasteiger charge is 2.38. The van der Waals surface area contributed by atoms with Gasteiger partial charge >= 0.3 is 0 Å². The van der Waals surface area contributed by atoms with Crippen LogP contribution in [-0.4, -0.2) is 16.6 Å². The van der Waals surface area contributed by atoms with Crippen molar-refractivity contribution in [2.75, 3.05) is 0 Å². The number of hydrazone groups is 1. The summed E-state index contributed by atoms with van der Waals surface area (Å²) in [6, 6.07) is 17.8. The maximum Gasteiger partial charge on any atom is 0.272 e. The molecule has 2 atom stereocenters. The van der Waals surface area contributed by atoms with Crippen LogP contribution in [0.2, 0.25) is 0 Å². The molecule has 0 spiro atoms. The minimum atomic E-state index is -0.186. The smallest absolute Gasteiger partial charge is 0.267 e. The van der Waals surface area contributed by atoms with Gasteiger partial charge in [-0.25, -0.2) is 10.4 Å². The van der Waals surface area contributed by atoms with Gasteiger partial charge in [-0.2, -0.15) is 5.10 Å². The number of para-hydroxylation sites is 1. The lowest BCUT2D eigenvalue weighted by Crippen LogP contribution is -2.35. The SMILES string of the molecule is Cc1ccc(-c2cc(C(=O)N/N=C3\CC4C=CCC34)c3ccccc3n2)cc1. The highest BCUT2D eigenvalue weighted by Crippen LogP contribution is 2.40. The van der Waals surface area contributed by atoms with Crippen molar-refractivity contribution in [1.82, 2.24) is 10.4 Å². The highest BCUT2D eigenvalue weighted by atomic mass is 16.2. The van der Waals surface area contributed by atoms with Gasteiger partial charge in [-0.3, -0.25) is 4.79 Å². The fraction of sp³-hybridized carbons (Fsp3) is 0.208. The van der Waals surface area contributed by atoms with Crippen LogP contribution < -0.4 is 5.43 Å². The Morgan fingerprint density at radius 3 is 2.79 bits per heavy atom. The van der Waals surface area contributed by atoms with Crippen LogP contribution in [0.25, 0.3) is 22.2 Å². The van der Waals surface area contributed by atoms with Crippen LogP contribution in [0.15, 0.2) is 71.9 Å². The number of pyridine rings is 1. The van der Waals surface area contributed by atoms with E-state index < -0.39 is 0 Å². The molecule has 28 heavy (non-hydrogen) atoms. The molecule has 2 unspecified atom stereocenters. The lowest BCUT2D eigenvalue weighted by Gasteiger charge is -2.31. The van der Waals surface area contributed by atoms with Gasteiger partial charge in [-0.05, 0) is 37.8 Å². The van der Waals surface area contributed by atoms with Crippen LogP contribution in [0.3, 0.4) is 0 Å². The number of amides is 1. The molecule has 0 saturated heterocycles. The summed E-state index contributed by atoms with van der Waals surface area (Å²) in [4.78, 5) is 17.7. The molecule has 1 heterocycles. The van der Waals surface area contributed by atoms with Gasteiger partial charge in [0, 0.05) is 22.6 Å². The molecule has 1 N–H and O–H groups in total. The number of nitrogens with one attached hydrogen (secondary N) is 1. The predicted molar refractivity (Wildman–Crippen MR) is 112 cm³/mol. The zero-order valence-corrected chi connectivity index (χ0v) is 15.7. The molecule has 2 aliphatic rings. The number of carbonyl (C=O) groups excluding carboxylic acids is 1. The Hall–Kier alpha value is -3.27. The molecule has 1 fully saturated rings. The van der Waals surface area contributed by atoms with E-state index in [1.54, 1.807) is 0 Å². The molecule has 138 valence electrons. The average molecular weight is 367 g/mol. The van der Waals surface area contributed by atoms with Crippen LogP contribution in [0.5, 0.6) is 0 Å². The lowest BCUT2D eigenvalue weighted by atomic mass is 9.74. The lowest BCUT2D eigenvalue weighted by molar-refractivity contribution is 0.0955. The first kappa shape index (κ1) is 16.9. The van der Waals surface area contributed by atoms with E-state index in [1.807, 2.05) is 42.5 Å². The first-order chi connectivity index (χ1) is 13.7. The van der Waals surface area contributed by atoms with Gasteiger partial charge in [-0.15, -0.1) is 0 Å². The van der Waals surface area contributed by atoms with Crippen molar-refractivity contribution in [2.24, 2.45) is 16.9 Å². The maximum absolute atomic E-state index is 13.0. The maximum atomic E-state index is 13.0. The van der Waals surface area contributed by atoms with E-state index in [2.05, 4.69) is 41.7 Å². The Kier molecular flexibility index (Phi) is 4.05. The second kappa shape index (κ2) is 6.71. The zero-order valence-electron chi connectivity index (χ0n) is 15.7. The molecule has 0 radical (unpaired) electrons. The molecule has 4 heteroatoms. The molecule has 2 aromatic carbocycles. The van der Waals surface area contributed by atoms with Crippen molar-refractivity contribution < 1.29 is 4.79 Å². The summed E-state index contributed by atoms with van der Waals surface area (Å²) < 4.78 is 0. The average Bonchev–Trinajstić information content (AvgIpc) is 3.08. The van der Waals surface area contributed by atoms with Gasteiger partial charge in [0.25, 0.3) is 5.91 Å². The predicted octanol–water partition coefficient (Wildman–Crippen LogP) is 4.89. The number of hydrogen-bond acceptors (Lipinski definition) is 3. The highest BCUT2D eigenvalue weighted by molar-refractivity contribution is 6.07. The molecule has 0 bridgehead atoms. The Bertz CT molecular complexity index is 1130. The molecule has 5 rings (SSSR count). The molecule has 1 amide bonds. The summed E-state index contributed by atoms with van der Waals surface area (Å²) in [5.41, 5.74) is 8.28.